The molecule has 2 heterocycles. The average molecular weight is 560 g/mol. The highest BCUT2D eigenvalue weighted by Crippen LogP contribution is 2.40. The van der Waals surface area contributed by atoms with E-state index in [2.05, 4.69) is 9.98 Å². The second kappa shape index (κ2) is 10.9. The summed E-state index contributed by atoms with van der Waals surface area (Å²) in [4.78, 5) is 44.3. The number of benzene rings is 3. The lowest BCUT2D eigenvalue weighted by Gasteiger charge is -2.15. The summed E-state index contributed by atoms with van der Waals surface area (Å²) >= 11 is 1.07. The molecule has 0 radical (unpaired) electrons. The van der Waals surface area contributed by atoms with Gasteiger partial charge in [0, 0.05) is 41.8 Å². The molecule has 4 aromatic rings. The first-order valence-electron chi connectivity index (χ1n) is 11.9. The maximum atomic E-state index is 13.6. The molecule has 0 aliphatic carbocycles. The third kappa shape index (κ3) is 5.22. The summed E-state index contributed by atoms with van der Waals surface area (Å²) in [5, 5.41) is 34.0. The van der Waals surface area contributed by atoms with Gasteiger partial charge in [-0.2, -0.15) is 0 Å². The van der Waals surface area contributed by atoms with E-state index in [4.69, 9.17) is 4.74 Å². The monoisotopic (exact) mass is 559 g/mol. The van der Waals surface area contributed by atoms with Crippen LogP contribution >= 0.6 is 11.8 Å². The quantitative estimate of drug-likeness (QED) is 0.161. The summed E-state index contributed by atoms with van der Waals surface area (Å²) in [6.07, 6.45) is 3.88. The first-order valence-corrected chi connectivity index (χ1v) is 12.7. The predicted octanol–water partition coefficient (Wildman–Crippen LogP) is 5.55. The van der Waals surface area contributed by atoms with Crippen molar-refractivity contribution in [1.29, 1.82) is 0 Å². The van der Waals surface area contributed by atoms with Gasteiger partial charge < -0.3 is 14.8 Å². The fraction of sp³-hybridized carbons (Fsp3) is 0.111. The van der Waals surface area contributed by atoms with E-state index in [0.29, 0.717) is 17.3 Å². The minimum atomic E-state index is -0.738. The molecule has 1 aliphatic heterocycles. The van der Waals surface area contributed by atoms with Crippen LogP contribution in [0.4, 0.5) is 17.1 Å². The molecule has 1 aromatic heterocycles. The van der Waals surface area contributed by atoms with Crippen molar-refractivity contribution < 1.29 is 24.5 Å². The molecule has 1 fully saturated rings. The van der Waals surface area contributed by atoms with Gasteiger partial charge in [0.25, 0.3) is 11.6 Å². The molecule has 1 aliphatic rings. The highest BCUT2D eigenvalue weighted by atomic mass is 32.2. The number of fused-ring (bicyclic) bond motifs is 1. The molecule has 0 spiro atoms. The van der Waals surface area contributed by atoms with Crippen LogP contribution in [0.15, 0.2) is 76.8 Å². The summed E-state index contributed by atoms with van der Waals surface area (Å²) in [5.74, 6) is -1.08. The molecule has 202 valence electrons. The Bertz CT molecular complexity index is 1710. The number of non-ortho nitro benzene ring substituents is 1. The number of thioether (sulfide) groups is 1. The van der Waals surface area contributed by atoms with Gasteiger partial charge in [-0.15, -0.1) is 0 Å². The number of aliphatic imine (C=N–C) groups is 1. The number of carbonyl (C=O) groups excluding carboxylic acids is 1. The maximum Gasteiger partial charge on any atom is 0.315 e. The smallest absolute Gasteiger partial charge is 0.315 e. The number of amides is 1. The second-order valence-electron chi connectivity index (χ2n) is 8.69. The summed E-state index contributed by atoms with van der Waals surface area (Å²) < 4.78 is 5.07. The van der Waals surface area contributed by atoms with Crippen molar-refractivity contribution in [2.75, 3.05) is 13.7 Å². The third-order valence-electron chi connectivity index (χ3n) is 6.24. The number of carbonyl (C=O) groups is 1. The van der Waals surface area contributed by atoms with Gasteiger partial charge in [0.1, 0.15) is 0 Å². The molecule has 1 amide bonds. The lowest BCUT2D eigenvalue weighted by molar-refractivity contribution is -0.386. The number of amidine groups is 1. The molecule has 0 unspecified atom stereocenters. The standard InChI is InChI=1S/C27H21N5O7S/c1-39-23-13-16(12-22(25(23)33)32(37)38)14-24-26(34)30(11-10-17-15-28-21-5-3-2-4-20(17)21)27(40-24)29-18-6-8-19(9-7-18)31(35)36/h2-9,12-15,28,33H,10-11H2,1H3/b24-14-,29-27?. The van der Waals surface area contributed by atoms with Crippen LogP contribution in [0.25, 0.3) is 17.0 Å². The van der Waals surface area contributed by atoms with Gasteiger partial charge in [-0.05, 0) is 59.7 Å². The normalized spacial score (nSPS) is 15.3. The van der Waals surface area contributed by atoms with Gasteiger partial charge in [0.05, 0.1) is 27.5 Å². The van der Waals surface area contributed by atoms with Gasteiger partial charge in [-0.3, -0.25) is 29.9 Å². The summed E-state index contributed by atoms with van der Waals surface area (Å²) in [6.45, 7) is 0.288. The van der Waals surface area contributed by atoms with Crippen LogP contribution in [0.3, 0.4) is 0 Å². The number of nitrogens with one attached hydrogen (secondary N) is 1. The van der Waals surface area contributed by atoms with Gasteiger partial charge in [0.2, 0.25) is 5.75 Å². The highest BCUT2D eigenvalue weighted by Gasteiger charge is 2.34. The molecule has 12 nitrogen and oxygen atoms in total. The maximum absolute atomic E-state index is 13.6. The zero-order chi connectivity index (χ0) is 28.4. The van der Waals surface area contributed by atoms with E-state index in [1.807, 2.05) is 30.5 Å². The van der Waals surface area contributed by atoms with E-state index >= 15 is 0 Å². The number of phenolic OH excluding ortho intramolecular Hbond substituents is 1. The molecule has 13 heteroatoms. The Morgan fingerprint density at radius 3 is 2.55 bits per heavy atom. The number of rotatable bonds is 8. The number of methoxy groups -OCH3 is 1. The van der Waals surface area contributed by atoms with Crippen molar-refractivity contribution >= 4 is 56.9 Å². The summed E-state index contributed by atoms with van der Waals surface area (Å²) in [5.41, 5.74) is 2.05. The summed E-state index contributed by atoms with van der Waals surface area (Å²) in [6, 6.07) is 16.0. The number of para-hydroxylation sites is 1. The number of ether oxygens (including phenoxy) is 1. The van der Waals surface area contributed by atoms with Crippen LogP contribution in [-0.4, -0.2) is 49.6 Å². The topological polar surface area (TPSA) is 164 Å². The largest absolute Gasteiger partial charge is 0.500 e. The molecule has 0 bridgehead atoms. The molecular formula is C27H21N5O7S. The van der Waals surface area contributed by atoms with E-state index < -0.39 is 21.3 Å². The lowest BCUT2D eigenvalue weighted by atomic mass is 10.1. The van der Waals surface area contributed by atoms with Crippen molar-refractivity contribution in [1.82, 2.24) is 9.88 Å². The summed E-state index contributed by atoms with van der Waals surface area (Å²) in [7, 11) is 1.27. The Hall–Kier alpha value is -5.17. The van der Waals surface area contributed by atoms with Crippen LogP contribution < -0.4 is 4.74 Å². The Balaban J connectivity index is 1.50. The average Bonchev–Trinajstić information content (AvgIpc) is 3.48. The van der Waals surface area contributed by atoms with Crippen LogP contribution in [-0.2, 0) is 11.2 Å². The van der Waals surface area contributed by atoms with Crippen LogP contribution in [0.5, 0.6) is 11.5 Å². The van der Waals surface area contributed by atoms with Crippen LogP contribution in [0.2, 0.25) is 0 Å². The molecule has 0 atom stereocenters. The van der Waals surface area contributed by atoms with E-state index in [9.17, 15) is 30.1 Å². The third-order valence-corrected chi connectivity index (χ3v) is 7.25. The highest BCUT2D eigenvalue weighted by molar-refractivity contribution is 8.18. The zero-order valence-corrected chi connectivity index (χ0v) is 21.8. The molecule has 5 rings (SSSR count). The molecular weight excluding hydrogens is 538 g/mol. The number of hydrogen-bond acceptors (Lipinski definition) is 9. The van der Waals surface area contributed by atoms with Crippen LogP contribution in [0.1, 0.15) is 11.1 Å². The number of aromatic hydroxyl groups is 1. The fourth-order valence-electron chi connectivity index (χ4n) is 4.26. The second-order valence-corrected chi connectivity index (χ2v) is 9.70. The van der Waals surface area contributed by atoms with Gasteiger partial charge in [-0.25, -0.2) is 4.99 Å². The van der Waals surface area contributed by atoms with Crippen molar-refractivity contribution in [2.24, 2.45) is 4.99 Å². The van der Waals surface area contributed by atoms with Gasteiger partial charge in [0.15, 0.2) is 10.9 Å². The number of nitro benzene ring substituents is 2. The number of phenols is 1. The fourth-order valence-corrected chi connectivity index (χ4v) is 5.29. The number of aromatic amines is 1. The molecule has 0 saturated carbocycles. The SMILES string of the molecule is COc1cc(/C=C2\SC(=Nc3ccc([N+](=O)[O-])cc3)N(CCc3c[nH]c4ccccc34)C2=O)cc([N+](=O)[O-])c1O. The Labute approximate surface area is 230 Å². The number of hydrogen-bond donors (Lipinski definition) is 2. The Kier molecular flexibility index (Phi) is 7.21. The molecule has 1 saturated heterocycles. The first kappa shape index (κ1) is 26.4. The molecule has 2 N–H and O–H groups in total. The van der Waals surface area contributed by atoms with E-state index in [-0.39, 0.29) is 34.4 Å². The number of nitro groups is 2. The van der Waals surface area contributed by atoms with Gasteiger partial charge >= 0.3 is 5.69 Å². The van der Waals surface area contributed by atoms with Crippen LogP contribution in [0, 0.1) is 20.2 Å². The van der Waals surface area contributed by atoms with Gasteiger partial charge in [-0.1, -0.05) is 18.2 Å². The molecule has 40 heavy (non-hydrogen) atoms. The molecule has 3 aromatic carbocycles. The van der Waals surface area contributed by atoms with Crippen molar-refractivity contribution in [2.45, 2.75) is 6.42 Å². The number of aromatic nitrogens is 1. The van der Waals surface area contributed by atoms with Crippen molar-refractivity contribution in [3.05, 3.63) is 103 Å². The first-order chi connectivity index (χ1) is 19.2. The van der Waals surface area contributed by atoms with E-state index in [0.717, 1.165) is 34.3 Å². The van der Waals surface area contributed by atoms with Crippen molar-refractivity contribution in [3.8, 4) is 11.5 Å². The zero-order valence-electron chi connectivity index (χ0n) is 20.9. The number of H-pyrrole nitrogens is 1. The minimum Gasteiger partial charge on any atom is -0.500 e. The van der Waals surface area contributed by atoms with Crippen molar-refractivity contribution in [3.63, 3.8) is 0 Å². The Morgan fingerprint density at radius 1 is 1.10 bits per heavy atom. The Morgan fingerprint density at radius 2 is 1.85 bits per heavy atom. The minimum absolute atomic E-state index is 0.0845. The van der Waals surface area contributed by atoms with E-state index in [1.165, 1.54) is 48.4 Å². The predicted molar refractivity (Wildman–Crippen MR) is 151 cm³/mol. The number of nitrogens with zero attached hydrogens (tertiary/aromatic N) is 4. The van der Waals surface area contributed by atoms with E-state index in [1.54, 1.807) is 0 Å². The lowest BCUT2D eigenvalue weighted by Crippen LogP contribution is -2.31.